The maximum atomic E-state index is 14.7. The summed E-state index contributed by atoms with van der Waals surface area (Å²) in [6, 6.07) is 0. The lowest BCUT2D eigenvalue weighted by Crippen LogP contribution is -2.72. The van der Waals surface area contributed by atoms with Gasteiger partial charge in [-0.1, -0.05) is 33.3 Å². The van der Waals surface area contributed by atoms with Crippen molar-refractivity contribution in [3.05, 3.63) is 33.8 Å². The Bertz CT molecular complexity index is 1640. The standard InChI is InChI=1S/C37H51NO10/c1-20-25(47-31(44)46-20)19-45-30(43)48-27-10-11-34(5)26(37(27,8)38-21(2)39)9-12-36(7)28(34)24(40)17-22-23-18-33(4,29(41)42)14-13-32(23,3)15-16-35(22,36)6/h17,23,26-28H,9-16,18-19H2,1-8H3,(H,38,39)(H,41,42). The summed E-state index contributed by atoms with van der Waals surface area (Å²) in [5, 5.41) is 13.3. The third-order valence-corrected chi connectivity index (χ3v) is 14.5. The summed E-state index contributed by atoms with van der Waals surface area (Å²) in [6.45, 7) is 15.5. The minimum Gasteiger partial charge on any atom is -0.481 e. The van der Waals surface area contributed by atoms with Crippen LogP contribution in [0.2, 0.25) is 0 Å². The van der Waals surface area contributed by atoms with E-state index in [1.165, 1.54) is 13.8 Å². The number of rotatable bonds is 5. The Morgan fingerprint density at radius 3 is 2.27 bits per heavy atom. The zero-order valence-corrected chi connectivity index (χ0v) is 29.6. The number of allylic oxidation sites excluding steroid dienone is 2. The van der Waals surface area contributed by atoms with Crippen molar-refractivity contribution in [1.82, 2.24) is 5.32 Å². The van der Waals surface area contributed by atoms with Gasteiger partial charge in [-0.2, -0.15) is 0 Å². The average molecular weight is 670 g/mol. The predicted octanol–water partition coefficient (Wildman–Crippen LogP) is 6.50. The second-order valence-corrected chi connectivity index (χ2v) is 17.1. The van der Waals surface area contributed by atoms with Gasteiger partial charge < -0.3 is 28.7 Å². The van der Waals surface area contributed by atoms with E-state index in [-0.39, 0.29) is 63.8 Å². The molecule has 4 fully saturated rings. The Labute approximate surface area is 281 Å². The van der Waals surface area contributed by atoms with E-state index in [2.05, 4.69) is 33.0 Å². The summed E-state index contributed by atoms with van der Waals surface area (Å²) in [6.07, 6.45) is 6.62. The van der Waals surface area contributed by atoms with Gasteiger partial charge in [0.05, 0.1) is 11.0 Å². The van der Waals surface area contributed by atoms with Crippen molar-refractivity contribution < 1.29 is 42.6 Å². The third-order valence-electron chi connectivity index (χ3n) is 14.5. The summed E-state index contributed by atoms with van der Waals surface area (Å²) in [5.74, 6) is -2.02. The number of aryl methyl sites for hydroxylation is 1. The highest BCUT2D eigenvalue weighted by molar-refractivity contribution is 5.96. The first-order chi connectivity index (χ1) is 22.2. The SMILES string of the molecule is CC(=O)NC1(C)C(OC(=O)OCc2oc(=O)oc2C)CCC2(C)C1CCC1(C)C2C(=O)C=C2C3CC(C)(C(=O)O)CCC3(C)CCC21C. The van der Waals surface area contributed by atoms with Crippen LogP contribution in [0.1, 0.15) is 118 Å². The van der Waals surface area contributed by atoms with Crippen LogP contribution >= 0.6 is 0 Å². The summed E-state index contributed by atoms with van der Waals surface area (Å²) in [5.41, 5.74) is -1.89. The molecule has 1 heterocycles. The van der Waals surface area contributed by atoms with E-state index in [1.54, 1.807) is 0 Å². The van der Waals surface area contributed by atoms with Crippen molar-refractivity contribution in [2.24, 2.45) is 44.8 Å². The molecule has 0 spiro atoms. The molecule has 4 saturated carbocycles. The van der Waals surface area contributed by atoms with Gasteiger partial charge in [-0.05, 0) is 118 Å². The highest BCUT2D eigenvalue weighted by atomic mass is 16.7. The van der Waals surface area contributed by atoms with Crippen molar-refractivity contribution in [1.29, 1.82) is 0 Å². The van der Waals surface area contributed by atoms with Crippen LogP contribution in [0, 0.1) is 51.8 Å². The fraction of sp³-hybridized carbons (Fsp3) is 0.757. The predicted molar refractivity (Wildman–Crippen MR) is 173 cm³/mol. The summed E-state index contributed by atoms with van der Waals surface area (Å²) >= 11 is 0. The highest BCUT2D eigenvalue weighted by Gasteiger charge is 2.71. The number of ketones is 1. The Morgan fingerprint density at radius 1 is 0.958 bits per heavy atom. The average Bonchev–Trinajstić information content (AvgIpc) is 3.31. The maximum Gasteiger partial charge on any atom is 0.519 e. The molecule has 10 atom stereocenters. The molecule has 6 rings (SSSR count). The number of amides is 1. The van der Waals surface area contributed by atoms with Crippen LogP contribution in [0.4, 0.5) is 4.79 Å². The first kappa shape index (κ1) is 34.5. The largest absolute Gasteiger partial charge is 0.519 e. The van der Waals surface area contributed by atoms with E-state index in [9.17, 15) is 29.1 Å². The molecule has 0 radical (unpaired) electrons. The van der Waals surface area contributed by atoms with E-state index in [0.717, 1.165) is 31.3 Å². The van der Waals surface area contributed by atoms with Gasteiger partial charge in [0.15, 0.2) is 23.9 Å². The van der Waals surface area contributed by atoms with Crippen LogP contribution < -0.4 is 11.1 Å². The number of nitrogens with one attached hydrogen (secondary N) is 1. The number of carboxylic acid groups (broad SMARTS) is 1. The number of hydrogen-bond donors (Lipinski definition) is 2. The molecule has 11 heteroatoms. The topological polar surface area (TPSA) is 162 Å². The highest BCUT2D eigenvalue weighted by Crippen LogP contribution is 2.74. The fourth-order valence-corrected chi connectivity index (χ4v) is 11.5. The van der Waals surface area contributed by atoms with Crippen molar-refractivity contribution >= 4 is 23.8 Å². The second kappa shape index (κ2) is 11.1. The van der Waals surface area contributed by atoms with Gasteiger partial charge in [-0.25, -0.2) is 9.59 Å². The molecule has 10 unspecified atom stereocenters. The van der Waals surface area contributed by atoms with Gasteiger partial charge in [0.2, 0.25) is 5.91 Å². The van der Waals surface area contributed by atoms with Gasteiger partial charge in [-0.3, -0.25) is 14.4 Å². The first-order valence-corrected chi connectivity index (χ1v) is 17.4. The molecular formula is C37H51NO10. The molecule has 48 heavy (non-hydrogen) atoms. The molecule has 1 aromatic rings. The smallest absolute Gasteiger partial charge is 0.481 e. The van der Waals surface area contributed by atoms with Crippen LogP contribution in [0.3, 0.4) is 0 Å². The maximum absolute atomic E-state index is 14.7. The van der Waals surface area contributed by atoms with Gasteiger partial charge in [-0.15, -0.1) is 0 Å². The van der Waals surface area contributed by atoms with Crippen LogP contribution in [0.5, 0.6) is 0 Å². The molecule has 5 aliphatic rings. The molecule has 5 aliphatic carbocycles. The Balaban J connectivity index is 1.32. The van der Waals surface area contributed by atoms with E-state index < -0.39 is 40.4 Å². The third kappa shape index (κ3) is 4.91. The number of hydrogen-bond acceptors (Lipinski definition) is 9. The quantitative estimate of drug-likeness (QED) is 0.331. The van der Waals surface area contributed by atoms with E-state index in [1.807, 2.05) is 19.9 Å². The van der Waals surface area contributed by atoms with Gasteiger partial charge >= 0.3 is 17.9 Å². The van der Waals surface area contributed by atoms with Crippen molar-refractivity contribution in [3.8, 4) is 0 Å². The van der Waals surface area contributed by atoms with E-state index in [4.69, 9.17) is 18.3 Å². The van der Waals surface area contributed by atoms with Crippen molar-refractivity contribution in [2.75, 3.05) is 0 Å². The number of carbonyl (C=O) groups is 4. The van der Waals surface area contributed by atoms with E-state index >= 15 is 0 Å². The second-order valence-electron chi connectivity index (χ2n) is 17.1. The fourth-order valence-electron chi connectivity index (χ4n) is 11.5. The zero-order valence-electron chi connectivity index (χ0n) is 29.6. The molecule has 0 aromatic carbocycles. The van der Waals surface area contributed by atoms with Crippen LogP contribution in [-0.2, 0) is 30.5 Å². The lowest BCUT2D eigenvalue weighted by molar-refractivity contribution is -0.195. The molecular weight excluding hydrogens is 618 g/mol. The number of carbonyl (C=O) groups excluding carboxylic acids is 3. The molecule has 11 nitrogen and oxygen atoms in total. The van der Waals surface area contributed by atoms with Crippen LogP contribution in [0.15, 0.2) is 25.3 Å². The van der Waals surface area contributed by atoms with Crippen molar-refractivity contribution in [2.45, 2.75) is 131 Å². The molecule has 0 aliphatic heterocycles. The van der Waals surface area contributed by atoms with Gasteiger partial charge in [0.1, 0.15) is 6.10 Å². The summed E-state index contributed by atoms with van der Waals surface area (Å²) in [4.78, 5) is 64.2. The molecule has 1 aromatic heterocycles. The molecule has 0 bridgehead atoms. The number of carboxylic acids is 1. The number of aliphatic carboxylic acids is 1. The molecule has 264 valence electrons. The van der Waals surface area contributed by atoms with Gasteiger partial charge in [0.25, 0.3) is 0 Å². The Morgan fingerprint density at radius 2 is 1.65 bits per heavy atom. The normalized spacial score (nSPS) is 43.4. The number of fused-ring (bicyclic) bond motifs is 7. The number of ether oxygens (including phenoxy) is 2. The minimum absolute atomic E-state index is 0.0250. The van der Waals surface area contributed by atoms with Gasteiger partial charge in [0, 0.05) is 12.8 Å². The summed E-state index contributed by atoms with van der Waals surface area (Å²) in [7, 11) is 0. The Hall–Kier alpha value is -3.37. The molecule has 2 N–H and O–H groups in total. The molecule has 0 saturated heterocycles. The monoisotopic (exact) mass is 669 g/mol. The summed E-state index contributed by atoms with van der Waals surface area (Å²) < 4.78 is 21.0. The van der Waals surface area contributed by atoms with Crippen LogP contribution in [0.25, 0.3) is 0 Å². The first-order valence-electron chi connectivity index (χ1n) is 17.4. The van der Waals surface area contributed by atoms with Crippen LogP contribution in [-0.4, -0.2) is 40.6 Å². The van der Waals surface area contributed by atoms with Crippen molar-refractivity contribution in [3.63, 3.8) is 0 Å². The lowest BCUT2D eigenvalue weighted by Gasteiger charge is -2.70. The zero-order chi connectivity index (χ0) is 35.2. The Kier molecular flexibility index (Phi) is 7.95. The molecule has 1 amide bonds. The minimum atomic E-state index is -0.986. The van der Waals surface area contributed by atoms with E-state index in [0.29, 0.717) is 32.1 Å². The lowest BCUT2D eigenvalue weighted by atomic mass is 9.34.